The minimum atomic E-state index is -0.495. The first kappa shape index (κ1) is 18.2. The van der Waals surface area contributed by atoms with Gasteiger partial charge >= 0.3 is 6.09 Å². The fourth-order valence-electron chi connectivity index (χ4n) is 1.57. The molecule has 0 atom stereocenters. The number of carbonyl (C=O) groups is 2. The van der Waals surface area contributed by atoms with E-state index in [1.165, 1.54) is 6.20 Å². The number of unbranched alkanes of at least 4 members (excludes halogenated alkanes) is 1. The number of nitrogens with one attached hydrogen (secondary N) is 2. The second-order valence-electron chi connectivity index (χ2n) is 5.76. The first-order valence-corrected chi connectivity index (χ1v) is 7.52. The van der Waals surface area contributed by atoms with Crippen LogP contribution in [0.1, 0.15) is 44.0 Å². The standard InChI is InChI=1S/C15H22ClN3O3/c1-15(2,3)22-14(21)18-9-5-4-8-17-13(20)11-6-7-12(16)19-10-11/h6-7,10H,4-5,8-9H2,1-3H3,(H,17,20)(H,18,21). The van der Waals surface area contributed by atoms with Gasteiger partial charge in [-0.3, -0.25) is 4.79 Å². The van der Waals surface area contributed by atoms with Crippen molar-refractivity contribution in [1.29, 1.82) is 0 Å². The third-order valence-electron chi connectivity index (χ3n) is 2.55. The van der Waals surface area contributed by atoms with E-state index >= 15 is 0 Å². The summed E-state index contributed by atoms with van der Waals surface area (Å²) in [7, 11) is 0. The van der Waals surface area contributed by atoms with Crippen LogP contribution in [0.4, 0.5) is 4.79 Å². The minimum absolute atomic E-state index is 0.190. The van der Waals surface area contributed by atoms with Gasteiger partial charge in [-0.2, -0.15) is 0 Å². The third kappa shape index (κ3) is 7.83. The Balaban J connectivity index is 2.12. The van der Waals surface area contributed by atoms with E-state index in [0.29, 0.717) is 23.8 Å². The average molecular weight is 328 g/mol. The summed E-state index contributed by atoms with van der Waals surface area (Å²) in [5, 5.41) is 5.80. The quantitative estimate of drug-likeness (QED) is 0.622. The zero-order valence-corrected chi connectivity index (χ0v) is 13.9. The van der Waals surface area contributed by atoms with Gasteiger partial charge in [-0.05, 0) is 45.7 Å². The van der Waals surface area contributed by atoms with Gasteiger partial charge in [-0.1, -0.05) is 11.6 Å². The lowest BCUT2D eigenvalue weighted by atomic mass is 10.2. The molecule has 0 spiro atoms. The minimum Gasteiger partial charge on any atom is -0.444 e. The number of hydrogen-bond acceptors (Lipinski definition) is 4. The van der Waals surface area contributed by atoms with Gasteiger partial charge in [0.1, 0.15) is 10.8 Å². The van der Waals surface area contributed by atoms with Gasteiger partial charge < -0.3 is 15.4 Å². The zero-order valence-electron chi connectivity index (χ0n) is 13.1. The maximum Gasteiger partial charge on any atom is 0.407 e. The molecule has 0 aromatic carbocycles. The molecule has 0 aliphatic heterocycles. The van der Waals surface area contributed by atoms with Crippen molar-refractivity contribution in [2.24, 2.45) is 0 Å². The molecule has 1 aromatic heterocycles. The van der Waals surface area contributed by atoms with E-state index in [4.69, 9.17) is 16.3 Å². The summed E-state index contributed by atoms with van der Waals surface area (Å²) >= 11 is 5.66. The summed E-state index contributed by atoms with van der Waals surface area (Å²) in [5.74, 6) is -0.190. The number of rotatable bonds is 6. The number of ether oxygens (including phenoxy) is 1. The van der Waals surface area contributed by atoms with Crippen molar-refractivity contribution in [1.82, 2.24) is 15.6 Å². The van der Waals surface area contributed by atoms with Crippen LogP contribution in [0.5, 0.6) is 0 Å². The SMILES string of the molecule is CC(C)(C)OC(=O)NCCCCNC(=O)c1ccc(Cl)nc1. The molecule has 0 unspecified atom stereocenters. The summed E-state index contributed by atoms with van der Waals surface area (Å²) in [6.07, 6.45) is 2.51. The Morgan fingerprint density at radius 1 is 1.18 bits per heavy atom. The van der Waals surface area contributed by atoms with E-state index in [1.807, 2.05) is 20.8 Å². The molecular weight excluding hydrogens is 306 g/mol. The van der Waals surface area contributed by atoms with Crippen LogP contribution < -0.4 is 10.6 Å². The highest BCUT2D eigenvalue weighted by molar-refractivity contribution is 6.29. The second-order valence-corrected chi connectivity index (χ2v) is 6.15. The fourth-order valence-corrected chi connectivity index (χ4v) is 1.68. The summed E-state index contributed by atoms with van der Waals surface area (Å²) < 4.78 is 5.11. The Morgan fingerprint density at radius 3 is 2.36 bits per heavy atom. The number of nitrogens with zero attached hydrogens (tertiary/aromatic N) is 1. The maximum absolute atomic E-state index is 11.8. The highest BCUT2D eigenvalue weighted by atomic mass is 35.5. The summed E-state index contributed by atoms with van der Waals surface area (Å²) in [6.45, 7) is 6.47. The van der Waals surface area contributed by atoms with E-state index < -0.39 is 11.7 Å². The van der Waals surface area contributed by atoms with Gasteiger partial charge in [0.15, 0.2) is 0 Å². The second kappa shape index (κ2) is 8.58. The van der Waals surface area contributed by atoms with Gasteiger partial charge in [0.05, 0.1) is 5.56 Å². The lowest BCUT2D eigenvalue weighted by Crippen LogP contribution is -2.33. The van der Waals surface area contributed by atoms with E-state index in [1.54, 1.807) is 12.1 Å². The summed E-state index contributed by atoms with van der Waals surface area (Å²) in [5.41, 5.74) is -0.0266. The number of halogens is 1. The molecule has 0 aliphatic rings. The molecule has 122 valence electrons. The van der Waals surface area contributed by atoms with Crippen molar-refractivity contribution >= 4 is 23.6 Å². The van der Waals surface area contributed by atoms with E-state index in [-0.39, 0.29) is 5.91 Å². The maximum atomic E-state index is 11.8. The molecule has 1 rings (SSSR count). The molecular formula is C15H22ClN3O3. The molecule has 0 saturated heterocycles. The number of aromatic nitrogens is 1. The average Bonchev–Trinajstić information content (AvgIpc) is 2.41. The Hall–Kier alpha value is -1.82. The van der Waals surface area contributed by atoms with Crippen molar-refractivity contribution in [3.63, 3.8) is 0 Å². The smallest absolute Gasteiger partial charge is 0.407 e. The molecule has 1 aromatic rings. The molecule has 7 heteroatoms. The highest BCUT2D eigenvalue weighted by Gasteiger charge is 2.15. The van der Waals surface area contributed by atoms with Crippen molar-refractivity contribution in [2.75, 3.05) is 13.1 Å². The Morgan fingerprint density at radius 2 is 1.82 bits per heavy atom. The number of amides is 2. The van der Waals surface area contributed by atoms with Crippen molar-refractivity contribution < 1.29 is 14.3 Å². The molecule has 2 N–H and O–H groups in total. The molecule has 6 nitrogen and oxygen atoms in total. The van der Waals surface area contributed by atoms with E-state index in [0.717, 1.165) is 12.8 Å². The molecule has 0 aliphatic carbocycles. The van der Waals surface area contributed by atoms with Gasteiger partial charge in [0.2, 0.25) is 0 Å². The zero-order chi connectivity index (χ0) is 16.6. The van der Waals surface area contributed by atoms with Crippen molar-refractivity contribution in [3.05, 3.63) is 29.0 Å². The predicted molar refractivity (Wildman–Crippen MR) is 85.1 cm³/mol. The van der Waals surface area contributed by atoms with Crippen LogP contribution in [0.3, 0.4) is 0 Å². The van der Waals surface area contributed by atoms with Crippen LogP contribution in [0, 0.1) is 0 Å². The van der Waals surface area contributed by atoms with Crippen LogP contribution >= 0.6 is 11.6 Å². The molecule has 2 amide bonds. The van der Waals surface area contributed by atoms with Gasteiger partial charge in [-0.25, -0.2) is 9.78 Å². The number of carbonyl (C=O) groups excluding carboxylic acids is 2. The first-order chi connectivity index (χ1) is 10.3. The van der Waals surface area contributed by atoms with Crippen LogP contribution in [0.15, 0.2) is 18.3 Å². The molecule has 0 bridgehead atoms. The number of pyridine rings is 1. The Labute approximate surface area is 135 Å². The van der Waals surface area contributed by atoms with Crippen LogP contribution in [-0.4, -0.2) is 35.7 Å². The largest absolute Gasteiger partial charge is 0.444 e. The molecule has 1 heterocycles. The van der Waals surface area contributed by atoms with E-state index in [9.17, 15) is 9.59 Å². The van der Waals surface area contributed by atoms with Crippen LogP contribution in [0.2, 0.25) is 5.15 Å². The molecule has 0 fully saturated rings. The van der Waals surface area contributed by atoms with E-state index in [2.05, 4.69) is 15.6 Å². The topological polar surface area (TPSA) is 80.3 Å². The summed E-state index contributed by atoms with van der Waals surface area (Å²) in [4.78, 5) is 27.0. The van der Waals surface area contributed by atoms with Gasteiger partial charge in [0.25, 0.3) is 5.91 Å². The number of alkyl carbamates (subject to hydrolysis) is 1. The summed E-state index contributed by atoms with van der Waals surface area (Å²) in [6, 6.07) is 3.19. The van der Waals surface area contributed by atoms with Crippen molar-refractivity contribution in [3.8, 4) is 0 Å². The third-order valence-corrected chi connectivity index (χ3v) is 2.77. The number of hydrogen-bond donors (Lipinski definition) is 2. The lowest BCUT2D eigenvalue weighted by molar-refractivity contribution is 0.0526. The van der Waals surface area contributed by atoms with Crippen LogP contribution in [-0.2, 0) is 4.74 Å². The fraction of sp³-hybridized carbons (Fsp3) is 0.533. The normalized spacial score (nSPS) is 10.9. The van der Waals surface area contributed by atoms with Crippen LogP contribution in [0.25, 0.3) is 0 Å². The van der Waals surface area contributed by atoms with Gasteiger partial charge in [-0.15, -0.1) is 0 Å². The molecule has 0 saturated carbocycles. The predicted octanol–water partition coefficient (Wildman–Crippen LogP) is 2.77. The van der Waals surface area contributed by atoms with Gasteiger partial charge in [0, 0.05) is 19.3 Å². The molecule has 0 radical (unpaired) electrons. The monoisotopic (exact) mass is 327 g/mol. The lowest BCUT2D eigenvalue weighted by Gasteiger charge is -2.19. The molecule has 22 heavy (non-hydrogen) atoms. The first-order valence-electron chi connectivity index (χ1n) is 7.14. The Kier molecular flexibility index (Phi) is 7.11. The Bertz CT molecular complexity index is 498. The highest BCUT2D eigenvalue weighted by Crippen LogP contribution is 2.06. The van der Waals surface area contributed by atoms with Crippen molar-refractivity contribution in [2.45, 2.75) is 39.2 Å².